The summed E-state index contributed by atoms with van der Waals surface area (Å²) in [6.45, 7) is 1.72. The van der Waals surface area contributed by atoms with Crippen molar-refractivity contribution in [2.75, 3.05) is 20.2 Å². The van der Waals surface area contributed by atoms with Crippen molar-refractivity contribution in [3.8, 4) is 0 Å². The third-order valence-corrected chi connectivity index (χ3v) is 5.74. The van der Waals surface area contributed by atoms with Crippen LogP contribution in [0.1, 0.15) is 28.9 Å². The van der Waals surface area contributed by atoms with Crippen LogP contribution < -0.4 is 5.56 Å². The summed E-state index contributed by atoms with van der Waals surface area (Å²) in [5.41, 5.74) is 1.85. The summed E-state index contributed by atoms with van der Waals surface area (Å²) in [7, 11) is 1.76. The highest BCUT2D eigenvalue weighted by atomic mass is 32.1. The Balaban J connectivity index is 1.54. The molecular weight excluding hydrogens is 400 g/mol. The zero-order chi connectivity index (χ0) is 21.1. The normalized spacial score (nSPS) is 16.1. The van der Waals surface area contributed by atoms with Crippen LogP contribution in [0, 0.1) is 4.77 Å². The van der Waals surface area contributed by atoms with Crippen molar-refractivity contribution in [2.45, 2.75) is 31.9 Å². The van der Waals surface area contributed by atoms with E-state index in [1.807, 2.05) is 18.2 Å². The van der Waals surface area contributed by atoms with Crippen molar-refractivity contribution in [2.24, 2.45) is 0 Å². The standard InChI is InChI=1S/C22H24N4O3S/c1-25(11-9-16-5-2-3-10-23-16)20(27)15-7-8-18-19(13-15)24-22(30)26(21(18)28)14-17-6-4-12-29-17/h2-3,5,7-8,10,13,17H,4,6,9,11-12,14H2,1H3,(H,24,30)/t17-/m0/s1. The van der Waals surface area contributed by atoms with Gasteiger partial charge in [0.15, 0.2) is 4.77 Å². The monoisotopic (exact) mass is 424 g/mol. The number of amides is 1. The van der Waals surface area contributed by atoms with E-state index in [1.54, 1.807) is 40.9 Å². The molecule has 2 aromatic heterocycles. The third kappa shape index (κ3) is 4.34. The lowest BCUT2D eigenvalue weighted by Gasteiger charge is -2.17. The minimum absolute atomic E-state index is 0.0175. The van der Waals surface area contributed by atoms with Gasteiger partial charge in [0.25, 0.3) is 11.5 Å². The summed E-state index contributed by atoms with van der Waals surface area (Å²) in [6, 6.07) is 10.8. The number of pyridine rings is 1. The minimum atomic E-state index is -0.160. The molecule has 1 N–H and O–H groups in total. The van der Waals surface area contributed by atoms with Crippen LogP contribution in [0.15, 0.2) is 47.4 Å². The lowest BCUT2D eigenvalue weighted by atomic mass is 10.1. The quantitative estimate of drug-likeness (QED) is 0.616. The van der Waals surface area contributed by atoms with Crippen LogP contribution in [0.5, 0.6) is 0 Å². The van der Waals surface area contributed by atoms with Crippen molar-refractivity contribution in [3.63, 3.8) is 0 Å². The summed E-state index contributed by atoms with van der Waals surface area (Å²) < 4.78 is 7.53. The van der Waals surface area contributed by atoms with Crippen molar-refractivity contribution < 1.29 is 9.53 Å². The zero-order valence-electron chi connectivity index (χ0n) is 16.8. The molecule has 3 aromatic rings. The van der Waals surface area contributed by atoms with Crippen LogP contribution in [0.3, 0.4) is 0 Å². The number of fused-ring (bicyclic) bond motifs is 1. The molecule has 0 spiro atoms. The Kier molecular flexibility index (Phi) is 6.06. The number of benzene rings is 1. The molecule has 1 fully saturated rings. The Morgan fingerprint density at radius 2 is 2.23 bits per heavy atom. The van der Waals surface area contributed by atoms with Gasteiger partial charge in [-0.1, -0.05) is 6.07 Å². The first-order valence-electron chi connectivity index (χ1n) is 10.1. The number of ether oxygens (including phenoxy) is 1. The molecule has 8 heteroatoms. The van der Waals surface area contributed by atoms with Crippen molar-refractivity contribution in [1.82, 2.24) is 19.4 Å². The van der Waals surface area contributed by atoms with Crippen LogP contribution in [0.2, 0.25) is 0 Å². The number of aromatic nitrogens is 3. The Morgan fingerprint density at radius 3 is 2.97 bits per heavy atom. The van der Waals surface area contributed by atoms with Gasteiger partial charge in [0, 0.05) is 44.1 Å². The van der Waals surface area contributed by atoms with E-state index in [9.17, 15) is 9.59 Å². The van der Waals surface area contributed by atoms with Crippen molar-refractivity contribution in [3.05, 3.63) is 69.0 Å². The number of hydrogen-bond donors (Lipinski definition) is 1. The maximum Gasteiger partial charge on any atom is 0.262 e. The van der Waals surface area contributed by atoms with Gasteiger partial charge in [0.05, 0.1) is 23.6 Å². The maximum absolute atomic E-state index is 12.9. The Hall–Kier alpha value is -2.84. The molecule has 4 rings (SSSR count). The summed E-state index contributed by atoms with van der Waals surface area (Å²) in [5.74, 6) is -0.115. The fourth-order valence-corrected chi connectivity index (χ4v) is 3.96. The van der Waals surface area contributed by atoms with Crippen LogP contribution in [0.25, 0.3) is 10.9 Å². The highest BCUT2D eigenvalue weighted by Crippen LogP contribution is 2.16. The third-order valence-electron chi connectivity index (χ3n) is 5.42. The molecule has 156 valence electrons. The molecule has 1 amide bonds. The molecular formula is C22H24N4O3S. The molecule has 30 heavy (non-hydrogen) atoms. The van der Waals surface area contributed by atoms with E-state index in [-0.39, 0.29) is 17.6 Å². The number of aromatic amines is 1. The second-order valence-electron chi connectivity index (χ2n) is 7.54. The van der Waals surface area contributed by atoms with E-state index in [1.165, 1.54) is 0 Å². The van der Waals surface area contributed by atoms with E-state index >= 15 is 0 Å². The summed E-state index contributed by atoms with van der Waals surface area (Å²) in [5, 5.41) is 0.509. The SMILES string of the molecule is CN(CCc1ccccn1)C(=O)c1ccc2c(=O)n(C[C@@H]3CCCO3)c(=S)[nH]c2c1. The maximum atomic E-state index is 12.9. The molecule has 1 aromatic carbocycles. The lowest BCUT2D eigenvalue weighted by molar-refractivity contribution is 0.0796. The molecule has 0 radical (unpaired) electrons. The fourth-order valence-electron chi connectivity index (χ4n) is 3.70. The molecule has 0 bridgehead atoms. The molecule has 0 aliphatic carbocycles. The molecule has 1 aliphatic heterocycles. The number of likely N-dealkylation sites (N-methyl/N-ethyl adjacent to an activating group) is 1. The summed E-state index contributed by atoms with van der Waals surface area (Å²) >= 11 is 5.41. The van der Waals surface area contributed by atoms with E-state index < -0.39 is 0 Å². The van der Waals surface area contributed by atoms with Crippen LogP contribution in [0.4, 0.5) is 0 Å². The first-order valence-corrected chi connectivity index (χ1v) is 10.5. The molecule has 0 saturated carbocycles. The van der Waals surface area contributed by atoms with Gasteiger partial charge in [-0.15, -0.1) is 0 Å². The second kappa shape index (κ2) is 8.89. The first kappa shape index (κ1) is 20.4. The summed E-state index contributed by atoms with van der Waals surface area (Å²) in [4.78, 5) is 34.8. The van der Waals surface area contributed by atoms with E-state index in [4.69, 9.17) is 17.0 Å². The van der Waals surface area contributed by atoms with Crippen LogP contribution in [-0.4, -0.2) is 51.6 Å². The molecule has 3 heterocycles. The first-order chi connectivity index (χ1) is 14.5. The predicted molar refractivity (Wildman–Crippen MR) is 117 cm³/mol. The van der Waals surface area contributed by atoms with E-state index in [2.05, 4.69) is 9.97 Å². The molecule has 0 unspecified atom stereocenters. The molecule has 1 atom stereocenters. The number of nitrogens with zero attached hydrogens (tertiary/aromatic N) is 3. The lowest BCUT2D eigenvalue weighted by Crippen LogP contribution is -2.30. The van der Waals surface area contributed by atoms with Gasteiger partial charge in [-0.05, 0) is 55.4 Å². The highest BCUT2D eigenvalue weighted by Gasteiger charge is 2.19. The molecule has 1 aliphatic rings. The van der Waals surface area contributed by atoms with Gasteiger partial charge in [0.2, 0.25) is 0 Å². The molecule has 7 nitrogen and oxygen atoms in total. The average Bonchev–Trinajstić information content (AvgIpc) is 3.28. The number of H-pyrrole nitrogens is 1. The Morgan fingerprint density at radius 1 is 1.37 bits per heavy atom. The summed E-state index contributed by atoms with van der Waals surface area (Å²) in [6.07, 6.45) is 4.37. The van der Waals surface area contributed by atoms with E-state index in [0.717, 1.165) is 25.1 Å². The average molecular weight is 425 g/mol. The Bertz CT molecular complexity index is 1170. The number of hydrogen-bond acceptors (Lipinski definition) is 5. The van der Waals surface area contributed by atoms with Gasteiger partial charge < -0.3 is 14.6 Å². The Labute approximate surface area is 179 Å². The molecule has 1 saturated heterocycles. The number of rotatable bonds is 6. The minimum Gasteiger partial charge on any atom is -0.376 e. The van der Waals surface area contributed by atoms with Gasteiger partial charge in [-0.25, -0.2) is 0 Å². The topological polar surface area (TPSA) is 80.2 Å². The van der Waals surface area contributed by atoms with Gasteiger partial charge in [0.1, 0.15) is 0 Å². The largest absolute Gasteiger partial charge is 0.376 e. The number of carbonyl (C=O) groups excluding carboxylic acids is 1. The predicted octanol–water partition coefficient (Wildman–Crippen LogP) is 2.95. The van der Waals surface area contributed by atoms with Crippen molar-refractivity contribution >= 4 is 29.0 Å². The van der Waals surface area contributed by atoms with Gasteiger partial charge in [-0.2, -0.15) is 0 Å². The highest BCUT2D eigenvalue weighted by molar-refractivity contribution is 7.71. The van der Waals surface area contributed by atoms with Crippen LogP contribution >= 0.6 is 12.2 Å². The van der Waals surface area contributed by atoms with Gasteiger partial charge in [-0.3, -0.25) is 19.1 Å². The zero-order valence-corrected chi connectivity index (χ0v) is 17.7. The van der Waals surface area contributed by atoms with E-state index in [0.29, 0.717) is 40.7 Å². The number of carbonyl (C=O) groups is 1. The van der Waals surface area contributed by atoms with Gasteiger partial charge >= 0.3 is 0 Å². The number of nitrogens with one attached hydrogen (secondary N) is 1. The van der Waals surface area contributed by atoms with Crippen molar-refractivity contribution in [1.29, 1.82) is 0 Å². The smallest absolute Gasteiger partial charge is 0.262 e. The fraction of sp³-hybridized carbons (Fsp3) is 0.364. The van der Waals surface area contributed by atoms with Crippen LogP contribution in [-0.2, 0) is 17.7 Å². The second-order valence-corrected chi connectivity index (χ2v) is 7.93.